The monoisotopic (exact) mass is 243 g/mol. The molecule has 0 radical (unpaired) electrons. The highest BCUT2D eigenvalue weighted by Crippen LogP contribution is 2.20. The quantitative estimate of drug-likeness (QED) is 0.785. The highest BCUT2D eigenvalue weighted by Gasteiger charge is 2.11. The zero-order chi connectivity index (χ0) is 12.0. The van der Waals surface area contributed by atoms with E-state index in [0.717, 1.165) is 0 Å². The first-order valence-electron chi connectivity index (χ1n) is 4.73. The average Bonchev–Trinajstić information content (AvgIpc) is 2.75. The van der Waals surface area contributed by atoms with Gasteiger partial charge in [-0.2, -0.15) is 0 Å². The van der Waals surface area contributed by atoms with Crippen LogP contribution in [0.4, 0.5) is 0 Å². The smallest absolute Gasteiger partial charge is 0.325 e. The number of carbonyl (C=O) groups is 2. The third-order valence-electron chi connectivity index (χ3n) is 1.73. The van der Waals surface area contributed by atoms with Gasteiger partial charge in [-0.1, -0.05) is 0 Å². The number of rotatable bonds is 5. The maximum Gasteiger partial charge on any atom is 0.325 e. The Hall–Kier alpha value is -1.56. The highest BCUT2D eigenvalue weighted by atomic mass is 32.1. The van der Waals surface area contributed by atoms with Crippen LogP contribution in [0, 0.1) is 0 Å². The molecule has 0 spiro atoms. The molecule has 0 fully saturated rings. The molecule has 16 heavy (non-hydrogen) atoms. The number of methoxy groups -OCH3 is 1. The molecule has 88 valence electrons. The highest BCUT2D eigenvalue weighted by molar-refractivity contribution is 7.12. The van der Waals surface area contributed by atoms with Crippen molar-refractivity contribution in [2.75, 3.05) is 20.3 Å². The van der Waals surface area contributed by atoms with Crippen molar-refractivity contribution in [1.82, 2.24) is 5.32 Å². The molecule has 1 rings (SSSR count). The van der Waals surface area contributed by atoms with Crippen molar-refractivity contribution in [3.63, 3.8) is 0 Å². The van der Waals surface area contributed by atoms with Crippen molar-refractivity contribution in [1.29, 1.82) is 0 Å². The molecular formula is C10H13NO4S. The molecule has 1 N–H and O–H groups in total. The van der Waals surface area contributed by atoms with E-state index in [0.29, 0.717) is 17.2 Å². The zero-order valence-electron chi connectivity index (χ0n) is 9.11. The number of nitrogens with one attached hydrogen (secondary N) is 1. The van der Waals surface area contributed by atoms with Gasteiger partial charge in [-0.05, 0) is 6.92 Å². The molecule has 1 heterocycles. The summed E-state index contributed by atoms with van der Waals surface area (Å²) in [6.07, 6.45) is 0. The second-order valence-electron chi connectivity index (χ2n) is 2.84. The molecule has 0 aliphatic rings. The molecule has 0 unspecified atom stereocenters. The molecule has 1 aromatic rings. The zero-order valence-corrected chi connectivity index (χ0v) is 9.93. The standard InChI is InChI=1S/C10H13NO4S/c1-3-15-9(12)5-11-10(13)8-4-7(14-2)6-16-8/h4,6H,3,5H2,1-2H3,(H,11,13). The Morgan fingerprint density at radius 1 is 1.50 bits per heavy atom. The van der Waals surface area contributed by atoms with Crippen LogP contribution in [0.2, 0.25) is 0 Å². The summed E-state index contributed by atoms with van der Waals surface area (Å²) in [5, 5.41) is 4.18. The summed E-state index contributed by atoms with van der Waals surface area (Å²) < 4.78 is 9.63. The van der Waals surface area contributed by atoms with E-state index in [-0.39, 0.29) is 12.5 Å². The van der Waals surface area contributed by atoms with Gasteiger partial charge in [0.25, 0.3) is 5.91 Å². The number of esters is 1. The fourth-order valence-electron chi connectivity index (χ4n) is 0.996. The van der Waals surface area contributed by atoms with Gasteiger partial charge in [0, 0.05) is 11.4 Å². The number of thiophene rings is 1. The Morgan fingerprint density at radius 3 is 2.81 bits per heavy atom. The summed E-state index contributed by atoms with van der Waals surface area (Å²) in [7, 11) is 1.53. The number of amides is 1. The van der Waals surface area contributed by atoms with Crippen molar-refractivity contribution in [2.24, 2.45) is 0 Å². The van der Waals surface area contributed by atoms with Gasteiger partial charge in [-0.3, -0.25) is 9.59 Å². The third-order valence-corrected chi connectivity index (χ3v) is 2.64. The van der Waals surface area contributed by atoms with E-state index < -0.39 is 5.97 Å². The van der Waals surface area contributed by atoms with Crippen LogP contribution in [0.5, 0.6) is 5.75 Å². The van der Waals surface area contributed by atoms with Crippen LogP contribution < -0.4 is 10.1 Å². The topological polar surface area (TPSA) is 64.6 Å². The summed E-state index contributed by atoms with van der Waals surface area (Å²) in [6.45, 7) is 1.90. The van der Waals surface area contributed by atoms with Crippen molar-refractivity contribution >= 4 is 23.2 Å². The first-order chi connectivity index (χ1) is 7.67. The molecule has 0 saturated carbocycles. The van der Waals surface area contributed by atoms with Crippen LogP contribution in [0.25, 0.3) is 0 Å². The van der Waals surface area contributed by atoms with Gasteiger partial charge in [-0.25, -0.2) is 0 Å². The number of hydrogen-bond donors (Lipinski definition) is 1. The van der Waals surface area contributed by atoms with E-state index in [1.54, 1.807) is 18.4 Å². The first-order valence-corrected chi connectivity index (χ1v) is 5.61. The molecule has 0 aliphatic carbocycles. The second-order valence-corrected chi connectivity index (χ2v) is 3.75. The fraction of sp³-hybridized carbons (Fsp3) is 0.400. The lowest BCUT2D eigenvalue weighted by Gasteiger charge is -2.02. The van der Waals surface area contributed by atoms with Crippen LogP contribution in [-0.2, 0) is 9.53 Å². The molecule has 0 aromatic carbocycles. The van der Waals surface area contributed by atoms with Crippen LogP contribution >= 0.6 is 11.3 Å². The lowest BCUT2D eigenvalue weighted by molar-refractivity contribution is -0.141. The Morgan fingerprint density at radius 2 is 2.25 bits per heavy atom. The Kier molecular flexibility index (Phi) is 4.78. The van der Waals surface area contributed by atoms with E-state index in [4.69, 9.17) is 4.74 Å². The van der Waals surface area contributed by atoms with Crippen molar-refractivity contribution in [2.45, 2.75) is 6.92 Å². The van der Waals surface area contributed by atoms with E-state index in [1.807, 2.05) is 0 Å². The lowest BCUT2D eigenvalue weighted by atomic mass is 10.4. The largest absolute Gasteiger partial charge is 0.496 e. The Bertz CT molecular complexity index is 375. The summed E-state index contributed by atoms with van der Waals surface area (Å²) in [5.74, 6) is -0.119. The van der Waals surface area contributed by atoms with Gasteiger partial charge in [0.15, 0.2) is 0 Å². The molecule has 1 amide bonds. The third kappa shape index (κ3) is 3.54. The molecule has 0 bridgehead atoms. The Balaban J connectivity index is 2.43. The lowest BCUT2D eigenvalue weighted by Crippen LogP contribution is -2.30. The van der Waals surface area contributed by atoms with Crippen LogP contribution in [-0.4, -0.2) is 32.1 Å². The number of ether oxygens (including phenoxy) is 2. The van der Waals surface area contributed by atoms with E-state index in [1.165, 1.54) is 18.4 Å². The maximum absolute atomic E-state index is 11.5. The predicted octanol–water partition coefficient (Wildman–Crippen LogP) is 1.05. The van der Waals surface area contributed by atoms with E-state index >= 15 is 0 Å². The minimum Gasteiger partial charge on any atom is -0.496 e. The minimum absolute atomic E-state index is 0.118. The predicted molar refractivity (Wildman–Crippen MR) is 59.8 cm³/mol. The number of hydrogen-bond acceptors (Lipinski definition) is 5. The molecule has 0 aliphatic heterocycles. The summed E-state index contributed by atoms with van der Waals surface area (Å²) in [5.41, 5.74) is 0. The summed E-state index contributed by atoms with van der Waals surface area (Å²) in [4.78, 5) is 23.0. The first kappa shape index (κ1) is 12.5. The van der Waals surface area contributed by atoms with Gasteiger partial charge in [-0.15, -0.1) is 11.3 Å². The van der Waals surface area contributed by atoms with Gasteiger partial charge >= 0.3 is 5.97 Å². The number of carbonyl (C=O) groups excluding carboxylic acids is 2. The Labute approximate surface area is 97.4 Å². The van der Waals surface area contributed by atoms with Gasteiger partial charge in [0.2, 0.25) is 0 Å². The van der Waals surface area contributed by atoms with Crippen molar-refractivity contribution in [3.05, 3.63) is 16.3 Å². The molecule has 0 atom stereocenters. The molecule has 1 aromatic heterocycles. The van der Waals surface area contributed by atoms with E-state index in [9.17, 15) is 9.59 Å². The molecular weight excluding hydrogens is 230 g/mol. The van der Waals surface area contributed by atoms with Gasteiger partial charge in [0.05, 0.1) is 18.6 Å². The minimum atomic E-state index is -0.445. The van der Waals surface area contributed by atoms with Crippen molar-refractivity contribution in [3.8, 4) is 5.75 Å². The van der Waals surface area contributed by atoms with Gasteiger partial charge in [0.1, 0.15) is 12.3 Å². The van der Waals surface area contributed by atoms with Crippen LogP contribution in [0.15, 0.2) is 11.4 Å². The fourth-order valence-corrected chi connectivity index (χ4v) is 1.77. The van der Waals surface area contributed by atoms with Crippen LogP contribution in [0.3, 0.4) is 0 Å². The van der Waals surface area contributed by atoms with Gasteiger partial charge < -0.3 is 14.8 Å². The summed E-state index contributed by atoms with van der Waals surface area (Å²) >= 11 is 1.26. The van der Waals surface area contributed by atoms with Crippen LogP contribution in [0.1, 0.15) is 16.6 Å². The maximum atomic E-state index is 11.5. The SMILES string of the molecule is CCOC(=O)CNC(=O)c1cc(OC)cs1. The van der Waals surface area contributed by atoms with E-state index in [2.05, 4.69) is 10.1 Å². The van der Waals surface area contributed by atoms with Crippen molar-refractivity contribution < 1.29 is 19.1 Å². The second kappa shape index (κ2) is 6.12. The summed E-state index contributed by atoms with van der Waals surface area (Å²) in [6, 6.07) is 1.62. The molecule has 6 heteroatoms. The average molecular weight is 243 g/mol. The molecule has 5 nitrogen and oxygen atoms in total. The molecule has 0 saturated heterocycles. The normalized spacial score (nSPS) is 9.62.